The molecule has 0 atom stereocenters. The van der Waals surface area contributed by atoms with Crippen LogP contribution in [0.15, 0.2) is 18.2 Å². The molecule has 0 aliphatic heterocycles. The lowest BCUT2D eigenvalue weighted by molar-refractivity contribution is 0.138. The minimum Gasteiger partial charge on any atom is -0.508 e. The summed E-state index contributed by atoms with van der Waals surface area (Å²) < 4.78 is 0. The van der Waals surface area contributed by atoms with Crippen molar-refractivity contribution in [1.82, 2.24) is 0 Å². The molecule has 2 aliphatic carbocycles. The predicted octanol–water partition coefficient (Wildman–Crippen LogP) is 8.38. The summed E-state index contributed by atoms with van der Waals surface area (Å²) in [5.41, 5.74) is 3.74. The molecule has 0 aromatic heterocycles. The van der Waals surface area contributed by atoms with Crippen molar-refractivity contribution in [1.29, 1.82) is 0 Å². The Morgan fingerprint density at radius 2 is 1.14 bits per heavy atom. The Hall–Kier alpha value is -0.980. The Kier molecular flexibility index (Phi) is 5.96. The Bertz CT molecular complexity index is 702. The fourth-order valence-corrected chi connectivity index (χ4v) is 6.15. The van der Waals surface area contributed by atoms with Gasteiger partial charge in [-0.2, -0.15) is 0 Å². The average Bonchev–Trinajstić information content (AvgIpc) is 2.61. The topological polar surface area (TPSA) is 20.2 Å². The fraction of sp³-hybridized carbons (Fsp3) is 0.786. The maximum absolute atomic E-state index is 10.8. The van der Waals surface area contributed by atoms with Gasteiger partial charge in [0.25, 0.3) is 0 Å². The van der Waals surface area contributed by atoms with Crippen LogP contribution < -0.4 is 0 Å². The minimum atomic E-state index is 0.0151. The number of rotatable bonds is 4. The Balaban J connectivity index is 1.86. The fourth-order valence-electron chi connectivity index (χ4n) is 6.15. The SMILES string of the molecule is CC1(C)CCC(C(C)(C)c2ccc(O)c(C(C)(C)C3CCC(C)(C)CC3)c2)CC1. The van der Waals surface area contributed by atoms with Crippen LogP contribution in [0.1, 0.15) is 118 Å². The molecule has 0 bridgehead atoms. The lowest BCUT2D eigenvalue weighted by Gasteiger charge is -2.44. The van der Waals surface area contributed by atoms with Crippen LogP contribution in [0.4, 0.5) is 0 Å². The molecule has 1 nitrogen and oxygen atoms in total. The Morgan fingerprint density at radius 3 is 1.59 bits per heavy atom. The van der Waals surface area contributed by atoms with Gasteiger partial charge < -0.3 is 5.11 Å². The van der Waals surface area contributed by atoms with Crippen molar-refractivity contribution in [2.45, 2.75) is 118 Å². The van der Waals surface area contributed by atoms with Crippen LogP contribution in [0.3, 0.4) is 0 Å². The summed E-state index contributed by atoms with van der Waals surface area (Å²) in [6, 6.07) is 6.54. The smallest absolute Gasteiger partial charge is 0.119 e. The number of hydrogen-bond donors (Lipinski definition) is 1. The second-order valence-corrected chi connectivity index (χ2v) is 13.1. The molecule has 2 aliphatic rings. The van der Waals surface area contributed by atoms with Crippen LogP contribution in [0, 0.1) is 22.7 Å². The van der Waals surface area contributed by atoms with E-state index in [4.69, 9.17) is 0 Å². The lowest BCUT2D eigenvalue weighted by atomic mass is 9.60. The van der Waals surface area contributed by atoms with Crippen molar-refractivity contribution in [3.8, 4) is 5.75 Å². The van der Waals surface area contributed by atoms with Crippen molar-refractivity contribution < 1.29 is 5.11 Å². The van der Waals surface area contributed by atoms with E-state index in [1.165, 1.54) is 62.5 Å². The van der Waals surface area contributed by atoms with E-state index < -0.39 is 0 Å². The molecule has 1 heteroatoms. The van der Waals surface area contributed by atoms with E-state index in [9.17, 15) is 5.11 Å². The van der Waals surface area contributed by atoms with Crippen molar-refractivity contribution in [2.75, 3.05) is 0 Å². The first-order chi connectivity index (χ1) is 13.2. The molecule has 1 aromatic rings. The van der Waals surface area contributed by atoms with Gasteiger partial charge in [-0.05, 0) is 96.5 Å². The molecule has 164 valence electrons. The summed E-state index contributed by atoms with van der Waals surface area (Å²) >= 11 is 0. The first-order valence-electron chi connectivity index (χ1n) is 12.1. The summed E-state index contributed by atoms with van der Waals surface area (Å²) in [5.74, 6) is 1.87. The maximum Gasteiger partial charge on any atom is 0.119 e. The van der Waals surface area contributed by atoms with Crippen LogP contribution in [-0.2, 0) is 10.8 Å². The molecule has 0 unspecified atom stereocenters. The van der Waals surface area contributed by atoms with Crippen LogP contribution in [-0.4, -0.2) is 5.11 Å². The molecule has 0 radical (unpaired) electrons. The standard InChI is InChI=1S/C28H46O/c1-25(2)15-11-20(12-16-25)27(5,6)22-9-10-24(29)23(19-22)28(7,8)21-13-17-26(3,4)18-14-21/h9-10,19-21,29H,11-18H2,1-8H3. The second kappa shape index (κ2) is 7.61. The van der Waals surface area contributed by atoms with Gasteiger partial charge in [-0.15, -0.1) is 0 Å². The number of phenolic OH excluding ortho intramolecular Hbond substituents is 1. The molecular formula is C28H46O. The van der Waals surface area contributed by atoms with Gasteiger partial charge in [0.1, 0.15) is 5.75 Å². The molecule has 0 spiro atoms. The molecule has 1 aromatic carbocycles. The third-order valence-corrected chi connectivity index (χ3v) is 9.15. The van der Waals surface area contributed by atoms with E-state index in [0.717, 1.165) is 5.92 Å². The summed E-state index contributed by atoms with van der Waals surface area (Å²) in [5, 5.41) is 10.8. The van der Waals surface area contributed by atoms with Gasteiger partial charge in [0.15, 0.2) is 0 Å². The molecule has 0 amide bonds. The van der Waals surface area contributed by atoms with E-state index in [-0.39, 0.29) is 10.8 Å². The highest BCUT2D eigenvalue weighted by Crippen LogP contribution is 2.50. The molecule has 3 rings (SSSR count). The summed E-state index contributed by atoms with van der Waals surface area (Å²) in [6.45, 7) is 19.2. The van der Waals surface area contributed by atoms with Crippen molar-refractivity contribution >= 4 is 0 Å². The normalized spacial score (nSPS) is 23.9. The van der Waals surface area contributed by atoms with Crippen LogP contribution >= 0.6 is 0 Å². The molecule has 0 heterocycles. The van der Waals surface area contributed by atoms with E-state index in [1.54, 1.807) is 0 Å². The van der Waals surface area contributed by atoms with E-state index in [0.29, 0.717) is 22.5 Å². The highest BCUT2D eigenvalue weighted by molar-refractivity contribution is 5.44. The number of benzene rings is 1. The maximum atomic E-state index is 10.8. The highest BCUT2D eigenvalue weighted by atomic mass is 16.3. The molecule has 2 fully saturated rings. The van der Waals surface area contributed by atoms with Gasteiger partial charge in [0.2, 0.25) is 0 Å². The van der Waals surface area contributed by atoms with Gasteiger partial charge in [-0.1, -0.05) is 67.5 Å². The molecule has 2 saturated carbocycles. The van der Waals surface area contributed by atoms with E-state index >= 15 is 0 Å². The van der Waals surface area contributed by atoms with Gasteiger partial charge in [0.05, 0.1) is 0 Å². The Morgan fingerprint density at radius 1 is 0.724 bits per heavy atom. The third-order valence-electron chi connectivity index (χ3n) is 9.15. The molecular weight excluding hydrogens is 352 g/mol. The molecule has 1 N–H and O–H groups in total. The van der Waals surface area contributed by atoms with Crippen LogP contribution in [0.5, 0.6) is 5.75 Å². The first kappa shape index (κ1) is 22.7. The monoisotopic (exact) mass is 398 g/mol. The number of phenols is 1. The summed E-state index contributed by atoms with van der Waals surface area (Å²) in [7, 11) is 0. The molecule has 29 heavy (non-hydrogen) atoms. The van der Waals surface area contributed by atoms with Gasteiger partial charge >= 0.3 is 0 Å². The van der Waals surface area contributed by atoms with Gasteiger partial charge in [-0.3, -0.25) is 0 Å². The molecule has 0 saturated heterocycles. The second-order valence-electron chi connectivity index (χ2n) is 13.1. The zero-order valence-corrected chi connectivity index (χ0v) is 20.5. The van der Waals surface area contributed by atoms with Crippen molar-refractivity contribution in [3.05, 3.63) is 29.3 Å². The van der Waals surface area contributed by atoms with Crippen LogP contribution in [0.2, 0.25) is 0 Å². The average molecular weight is 399 g/mol. The largest absolute Gasteiger partial charge is 0.508 e. The zero-order valence-electron chi connectivity index (χ0n) is 20.5. The van der Waals surface area contributed by atoms with Crippen molar-refractivity contribution in [2.24, 2.45) is 22.7 Å². The summed E-state index contributed by atoms with van der Waals surface area (Å²) in [4.78, 5) is 0. The van der Waals surface area contributed by atoms with Crippen molar-refractivity contribution in [3.63, 3.8) is 0 Å². The van der Waals surface area contributed by atoms with E-state index in [1.807, 2.05) is 6.07 Å². The van der Waals surface area contributed by atoms with Crippen LogP contribution in [0.25, 0.3) is 0 Å². The minimum absolute atomic E-state index is 0.0151. The summed E-state index contributed by atoms with van der Waals surface area (Å²) in [6.07, 6.45) is 10.4. The lowest BCUT2D eigenvalue weighted by Crippen LogP contribution is -2.36. The van der Waals surface area contributed by atoms with Gasteiger partial charge in [-0.25, -0.2) is 0 Å². The predicted molar refractivity (Wildman–Crippen MR) is 126 cm³/mol. The number of aromatic hydroxyl groups is 1. The quantitative estimate of drug-likeness (QED) is 0.540. The number of hydrogen-bond acceptors (Lipinski definition) is 1. The van der Waals surface area contributed by atoms with E-state index in [2.05, 4.69) is 67.5 Å². The third kappa shape index (κ3) is 4.70. The van der Waals surface area contributed by atoms with Gasteiger partial charge in [0, 0.05) is 5.56 Å². The Labute approximate surface area is 180 Å². The highest BCUT2D eigenvalue weighted by Gasteiger charge is 2.40. The zero-order chi connectivity index (χ0) is 21.7. The first-order valence-corrected chi connectivity index (χ1v) is 12.1.